The molecule has 0 radical (unpaired) electrons. The summed E-state index contributed by atoms with van der Waals surface area (Å²) in [5.41, 5.74) is 0. The molecular formula is C13H22N2O3. The summed E-state index contributed by atoms with van der Waals surface area (Å²) in [6, 6.07) is -0.350. The van der Waals surface area contributed by atoms with E-state index < -0.39 is 0 Å². The quantitative estimate of drug-likeness (QED) is 0.799. The summed E-state index contributed by atoms with van der Waals surface area (Å²) < 4.78 is 5.67. The fraction of sp³-hybridized carbons (Fsp3) is 0.846. The molecule has 0 aromatic heterocycles. The van der Waals surface area contributed by atoms with Crippen molar-refractivity contribution in [1.82, 2.24) is 10.2 Å². The zero-order valence-electron chi connectivity index (χ0n) is 11.1. The van der Waals surface area contributed by atoms with E-state index >= 15 is 0 Å². The van der Waals surface area contributed by atoms with Crippen LogP contribution in [-0.4, -0.2) is 48.6 Å². The molecule has 0 aliphatic carbocycles. The lowest BCUT2D eigenvalue weighted by Gasteiger charge is -2.39. The minimum Gasteiger partial charge on any atom is -0.376 e. The van der Waals surface area contributed by atoms with Crippen molar-refractivity contribution < 1.29 is 14.3 Å². The largest absolute Gasteiger partial charge is 0.376 e. The first kappa shape index (κ1) is 13.3. The number of nitrogens with one attached hydrogen (secondary N) is 1. The van der Waals surface area contributed by atoms with E-state index in [1.54, 1.807) is 4.90 Å². The number of piperazine rings is 1. The lowest BCUT2D eigenvalue weighted by atomic mass is 9.98. The van der Waals surface area contributed by atoms with E-state index in [0.717, 1.165) is 25.9 Å². The van der Waals surface area contributed by atoms with E-state index in [9.17, 15) is 9.59 Å². The minimum atomic E-state index is -0.350. The molecule has 2 fully saturated rings. The monoisotopic (exact) mass is 254 g/mol. The Labute approximate surface area is 108 Å². The third-order valence-electron chi connectivity index (χ3n) is 3.64. The Bertz CT molecular complexity index is 324. The van der Waals surface area contributed by atoms with E-state index in [0.29, 0.717) is 6.54 Å². The SMILES string of the molecule is CC(C)C1C(=O)NCC(=O)N1CC1CCCCO1. The summed E-state index contributed by atoms with van der Waals surface area (Å²) in [7, 11) is 0. The third-order valence-corrected chi connectivity index (χ3v) is 3.64. The van der Waals surface area contributed by atoms with Crippen molar-refractivity contribution in [3.63, 3.8) is 0 Å². The van der Waals surface area contributed by atoms with Gasteiger partial charge in [0.1, 0.15) is 6.04 Å². The van der Waals surface area contributed by atoms with Crippen LogP contribution in [0.4, 0.5) is 0 Å². The maximum Gasteiger partial charge on any atom is 0.243 e. The van der Waals surface area contributed by atoms with Crippen LogP contribution in [0.3, 0.4) is 0 Å². The topological polar surface area (TPSA) is 58.6 Å². The van der Waals surface area contributed by atoms with Gasteiger partial charge in [0.15, 0.2) is 0 Å². The molecule has 18 heavy (non-hydrogen) atoms. The summed E-state index contributed by atoms with van der Waals surface area (Å²) in [6.45, 7) is 5.38. The predicted octanol–water partition coefficient (Wildman–Crippen LogP) is 0.539. The normalized spacial score (nSPS) is 29.6. The molecule has 2 saturated heterocycles. The number of nitrogens with zero attached hydrogens (tertiary/aromatic N) is 1. The molecule has 102 valence electrons. The van der Waals surface area contributed by atoms with Crippen molar-refractivity contribution in [2.45, 2.75) is 45.3 Å². The minimum absolute atomic E-state index is 0.00229. The molecule has 0 bridgehead atoms. The molecule has 0 saturated carbocycles. The highest BCUT2D eigenvalue weighted by atomic mass is 16.5. The Hall–Kier alpha value is -1.10. The van der Waals surface area contributed by atoms with E-state index in [1.165, 1.54) is 0 Å². The van der Waals surface area contributed by atoms with Gasteiger partial charge in [0.2, 0.25) is 11.8 Å². The Morgan fingerprint density at radius 2 is 2.17 bits per heavy atom. The molecule has 0 aromatic rings. The molecule has 2 heterocycles. The first-order valence-corrected chi connectivity index (χ1v) is 6.78. The molecule has 2 aliphatic heterocycles. The van der Waals surface area contributed by atoms with Crippen LogP contribution in [0.5, 0.6) is 0 Å². The Balaban J connectivity index is 2.05. The molecule has 2 unspecified atom stereocenters. The number of hydrogen-bond donors (Lipinski definition) is 1. The van der Waals surface area contributed by atoms with Crippen molar-refractivity contribution in [2.75, 3.05) is 19.7 Å². The van der Waals surface area contributed by atoms with Crippen LogP contribution in [0.15, 0.2) is 0 Å². The molecule has 5 nitrogen and oxygen atoms in total. The van der Waals surface area contributed by atoms with E-state index in [1.807, 2.05) is 13.8 Å². The molecule has 0 aromatic carbocycles. The molecule has 0 spiro atoms. The third kappa shape index (κ3) is 2.83. The first-order chi connectivity index (χ1) is 8.59. The van der Waals surface area contributed by atoms with Crippen molar-refractivity contribution in [3.8, 4) is 0 Å². The highest BCUT2D eigenvalue weighted by molar-refractivity contribution is 5.95. The van der Waals surface area contributed by atoms with Crippen LogP contribution in [0.25, 0.3) is 0 Å². The van der Waals surface area contributed by atoms with Crippen LogP contribution in [0.2, 0.25) is 0 Å². The predicted molar refractivity (Wildman–Crippen MR) is 66.9 cm³/mol. The molecule has 1 N–H and O–H groups in total. The number of carbonyl (C=O) groups is 2. The Morgan fingerprint density at radius 3 is 2.78 bits per heavy atom. The summed E-state index contributed by atoms with van der Waals surface area (Å²) in [5.74, 6) is 0.0840. The van der Waals surface area contributed by atoms with E-state index in [4.69, 9.17) is 4.74 Å². The summed E-state index contributed by atoms with van der Waals surface area (Å²) >= 11 is 0. The van der Waals surface area contributed by atoms with Crippen molar-refractivity contribution in [3.05, 3.63) is 0 Å². The number of amides is 2. The second kappa shape index (κ2) is 5.69. The second-order valence-electron chi connectivity index (χ2n) is 5.44. The average molecular weight is 254 g/mol. The Morgan fingerprint density at radius 1 is 1.39 bits per heavy atom. The van der Waals surface area contributed by atoms with Gasteiger partial charge >= 0.3 is 0 Å². The second-order valence-corrected chi connectivity index (χ2v) is 5.44. The van der Waals surface area contributed by atoms with Gasteiger partial charge in [-0.2, -0.15) is 0 Å². The highest BCUT2D eigenvalue weighted by Gasteiger charge is 2.37. The number of rotatable bonds is 3. The van der Waals surface area contributed by atoms with Gasteiger partial charge in [-0.3, -0.25) is 9.59 Å². The van der Waals surface area contributed by atoms with Gasteiger partial charge in [-0.25, -0.2) is 0 Å². The van der Waals surface area contributed by atoms with Crippen LogP contribution < -0.4 is 5.32 Å². The highest BCUT2D eigenvalue weighted by Crippen LogP contribution is 2.19. The summed E-state index contributed by atoms with van der Waals surface area (Å²) in [5, 5.41) is 2.66. The van der Waals surface area contributed by atoms with E-state index in [-0.39, 0.29) is 36.4 Å². The molecule has 2 aliphatic rings. The average Bonchev–Trinajstić information content (AvgIpc) is 2.35. The van der Waals surface area contributed by atoms with Crippen LogP contribution in [-0.2, 0) is 14.3 Å². The van der Waals surface area contributed by atoms with Crippen LogP contribution >= 0.6 is 0 Å². The number of hydrogen-bond acceptors (Lipinski definition) is 3. The van der Waals surface area contributed by atoms with Crippen LogP contribution in [0, 0.1) is 5.92 Å². The molecule has 2 atom stereocenters. The van der Waals surface area contributed by atoms with Crippen molar-refractivity contribution in [1.29, 1.82) is 0 Å². The molecular weight excluding hydrogens is 232 g/mol. The molecule has 5 heteroatoms. The molecule has 2 amide bonds. The summed E-state index contributed by atoms with van der Waals surface area (Å²) in [6.07, 6.45) is 3.31. The van der Waals surface area contributed by atoms with Gasteiger partial charge in [0.25, 0.3) is 0 Å². The van der Waals surface area contributed by atoms with Gasteiger partial charge in [-0.15, -0.1) is 0 Å². The zero-order chi connectivity index (χ0) is 13.1. The van der Waals surface area contributed by atoms with Gasteiger partial charge in [-0.1, -0.05) is 13.8 Å². The van der Waals surface area contributed by atoms with Gasteiger partial charge < -0.3 is 15.0 Å². The summed E-state index contributed by atoms with van der Waals surface area (Å²) in [4.78, 5) is 25.6. The van der Waals surface area contributed by atoms with Crippen molar-refractivity contribution >= 4 is 11.8 Å². The lowest BCUT2D eigenvalue weighted by molar-refractivity contribution is -0.150. The molecule has 2 rings (SSSR count). The van der Waals surface area contributed by atoms with Gasteiger partial charge in [0.05, 0.1) is 12.6 Å². The fourth-order valence-electron chi connectivity index (χ4n) is 2.71. The number of carbonyl (C=O) groups excluding carboxylic acids is 2. The van der Waals surface area contributed by atoms with Crippen molar-refractivity contribution in [2.24, 2.45) is 5.92 Å². The first-order valence-electron chi connectivity index (χ1n) is 6.78. The van der Waals surface area contributed by atoms with Crippen LogP contribution in [0.1, 0.15) is 33.1 Å². The number of ether oxygens (including phenoxy) is 1. The van der Waals surface area contributed by atoms with Gasteiger partial charge in [-0.05, 0) is 25.2 Å². The maximum absolute atomic E-state index is 12.0. The zero-order valence-corrected chi connectivity index (χ0v) is 11.1. The standard InChI is InChI=1S/C13H22N2O3/c1-9(2)12-13(17)14-7-11(16)15(12)8-10-5-3-4-6-18-10/h9-10,12H,3-8H2,1-2H3,(H,14,17). The maximum atomic E-state index is 12.0. The fourth-order valence-corrected chi connectivity index (χ4v) is 2.71. The lowest BCUT2D eigenvalue weighted by Crippen LogP contribution is -2.61. The van der Waals surface area contributed by atoms with E-state index in [2.05, 4.69) is 5.32 Å². The Kier molecular flexibility index (Phi) is 4.22. The van der Waals surface area contributed by atoms with Gasteiger partial charge in [0, 0.05) is 13.2 Å². The smallest absolute Gasteiger partial charge is 0.243 e.